The molecule has 0 atom stereocenters. The van der Waals surface area contributed by atoms with Crippen molar-refractivity contribution in [3.8, 4) is 89.0 Å². The molecule has 0 saturated carbocycles. The van der Waals surface area contributed by atoms with Crippen molar-refractivity contribution >= 4 is 33.2 Å². The highest BCUT2D eigenvalue weighted by molar-refractivity contribution is 6.18. The number of rotatable bonds is 5. The fourth-order valence-electron chi connectivity index (χ4n) is 12.6. The van der Waals surface area contributed by atoms with Gasteiger partial charge >= 0.3 is 0 Å². The second-order valence-corrected chi connectivity index (χ2v) is 21.6. The van der Waals surface area contributed by atoms with Crippen LogP contribution in [0, 0.1) is 5.41 Å². The van der Waals surface area contributed by atoms with Crippen LogP contribution in [0.1, 0.15) is 68.9 Å². The summed E-state index contributed by atoms with van der Waals surface area (Å²) in [5.74, 6) is 0. The summed E-state index contributed by atoms with van der Waals surface area (Å²) >= 11 is 0. The van der Waals surface area contributed by atoms with Crippen LogP contribution in [0.4, 0.5) is 0 Å². The lowest BCUT2D eigenvalue weighted by Crippen LogP contribution is -2.15. The quantitative estimate of drug-likeness (QED) is 0.162. The molecule has 0 heterocycles. The Morgan fingerprint density at radius 3 is 1.49 bits per heavy atom. The van der Waals surface area contributed by atoms with Gasteiger partial charge in [-0.2, -0.15) is 0 Å². The van der Waals surface area contributed by atoms with E-state index in [4.69, 9.17) is 0 Å². The predicted molar refractivity (Wildman–Crippen MR) is 294 cm³/mol. The first kappa shape index (κ1) is 40.3. The Bertz CT molecular complexity index is 3870. The third-order valence-corrected chi connectivity index (χ3v) is 16.4. The standard InChI is InChI=1S/C69H52/c1-68(2,3)52-37-50-26-25-47-27-31-53(61-34-30-51(38-52)65(50)66(47)61)45-21-17-42(18-22-45)41-13-15-43(16-14-41)48-28-32-57-58-33-29-49(40-64(58)69(4,5)63(57)39-48)44-19-23-46(24-20-44)54-35-36-62-56-10-7-6-9-55(56)60-12-8-11-59(54)67(60)62/h6-33,35-37,39-40H,34,38H2,1-5H3. The minimum absolute atomic E-state index is 0.130. The Kier molecular flexibility index (Phi) is 8.53. The summed E-state index contributed by atoms with van der Waals surface area (Å²) in [5.41, 5.74) is 30.8. The van der Waals surface area contributed by atoms with Crippen LogP contribution in [0.5, 0.6) is 0 Å². The molecule has 0 saturated heterocycles. The van der Waals surface area contributed by atoms with Crippen molar-refractivity contribution in [2.45, 2.75) is 52.9 Å². The van der Waals surface area contributed by atoms with Gasteiger partial charge in [0.2, 0.25) is 0 Å². The number of hydrogen-bond acceptors (Lipinski definition) is 0. The van der Waals surface area contributed by atoms with E-state index >= 15 is 0 Å². The van der Waals surface area contributed by atoms with Gasteiger partial charge in [0.1, 0.15) is 0 Å². The van der Waals surface area contributed by atoms with Gasteiger partial charge in [0.05, 0.1) is 0 Å². The Hall–Kier alpha value is -7.80. The SMILES string of the molecule is CC(C)(C)C1=Cc2ccc3ccc(-c4ccc(-c5ccc(-c6ccc7c(c6)C(C)(C)c6cc(-c8ccc(-c9ccc%10c%11c(cccc9%11)-c9ccccc9-%10)cc8)ccc6-7)cc5)cc4)c4c3c2C(=CC4)C1. The van der Waals surface area contributed by atoms with Gasteiger partial charge in [-0.1, -0.05) is 228 Å². The van der Waals surface area contributed by atoms with Crippen molar-refractivity contribution in [2.24, 2.45) is 5.41 Å². The third-order valence-electron chi connectivity index (χ3n) is 16.4. The molecule has 328 valence electrons. The van der Waals surface area contributed by atoms with E-state index in [0.717, 1.165) is 12.8 Å². The van der Waals surface area contributed by atoms with Crippen LogP contribution in [-0.4, -0.2) is 0 Å². The molecular formula is C69H52. The molecular weight excluding hydrogens is 829 g/mol. The Labute approximate surface area is 406 Å². The molecule has 4 aliphatic carbocycles. The normalized spacial score (nSPS) is 14.6. The summed E-state index contributed by atoms with van der Waals surface area (Å²) in [6, 6.07) is 71.4. The van der Waals surface area contributed by atoms with Crippen LogP contribution in [0.3, 0.4) is 0 Å². The van der Waals surface area contributed by atoms with Crippen LogP contribution in [0.15, 0.2) is 200 Å². The molecule has 0 nitrogen and oxygen atoms in total. The van der Waals surface area contributed by atoms with E-state index in [1.54, 1.807) is 0 Å². The highest BCUT2D eigenvalue weighted by Crippen LogP contribution is 2.53. The topological polar surface area (TPSA) is 0 Å². The molecule has 0 amide bonds. The predicted octanol–water partition coefficient (Wildman–Crippen LogP) is 19.1. The molecule has 4 aliphatic rings. The van der Waals surface area contributed by atoms with Gasteiger partial charge < -0.3 is 0 Å². The Morgan fingerprint density at radius 1 is 0.406 bits per heavy atom. The molecule has 0 spiro atoms. The molecule has 0 unspecified atom stereocenters. The van der Waals surface area contributed by atoms with Gasteiger partial charge in [-0.05, 0) is 174 Å². The monoisotopic (exact) mass is 880 g/mol. The van der Waals surface area contributed by atoms with Gasteiger partial charge in [0.15, 0.2) is 0 Å². The average Bonchev–Trinajstić information content (AvgIpc) is 3.83. The van der Waals surface area contributed by atoms with Gasteiger partial charge in [-0.3, -0.25) is 0 Å². The molecule has 10 aromatic rings. The van der Waals surface area contributed by atoms with E-state index in [1.807, 2.05) is 0 Å². The van der Waals surface area contributed by atoms with Crippen LogP contribution in [0.25, 0.3) is 122 Å². The lowest BCUT2D eigenvalue weighted by atomic mass is 9.72. The maximum atomic E-state index is 2.51. The summed E-state index contributed by atoms with van der Waals surface area (Å²) in [7, 11) is 0. The summed E-state index contributed by atoms with van der Waals surface area (Å²) in [6.45, 7) is 11.8. The highest BCUT2D eigenvalue weighted by Gasteiger charge is 2.36. The maximum Gasteiger partial charge on any atom is 0.0159 e. The van der Waals surface area contributed by atoms with Gasteiger partial charge in [0.25, 0.3) is 0 Å². The average molecular weight is 881 g/mol. The largest absolute Gasteiger partial charge is 0.0759 e. The summed E-state index contributed by atoms with van der Waals surface area (Å²) in [4.78, 5) is 0. The van der Waals surface area contributed by atoms with Crippen molar-refractivity contribution in [3.05, 3.63) is 228 Å². The van der Waals surface area contributed by atoms with Crippen LogP contribution in [-0.2, 0) is 11.8 Å². The number of fused-ring (bicyclic) bond motifs is 6. The van der Waals surface area contributed by atoms with Crippen LogP contribution in [0.2, 0.25) is 0 Å². The molecule has 10 aromatic carbocycles. The zero-order valence-electron chi connectivity index (χ0n) is 40.0. The van der Waals surface area contributed by atoms with Crippen molar-refractivity contribution in [2.75, 3.05) is 0 Å². The molecule has 0 aliphatic heterocycles. The summed E-state index contributed by atoms with van der Waals surface area (Å²) in [6.07, 6.45) is 7.00. The Balaban J connectivity index is 0.713. The van der Waals surface area contributed by atoms with Crippen LogP contribution < -0.4 is 0 Å². The minimum Gasteiger partial charge on any atom is -0.0759 e. The molecule has 0 bridgehead atoms. The second kappa shape index (κ2) is 14.6. The Morgan fingerprint density at radius 2 is 0.884 bits per heavy atom. The van der Waals surface area contributed by atoms with Gasteiger partial charge in [-0.15, -0.1) is 0 Å². The highest BCUT2D eigenvalue weighted by atomic mass is 14.4. The van der Waals surface area contributed by atoms with Crippen molar-refractivity contribution in [1.29, 1.82) is 0 Å². The number of benzene rings is 10. The third kappa shape index (κ3) is 6.08. The first-order valence-electron chi connectivity index (χ1n) is 24.8. The van der Waals surface area contributed by atoms with Crippen molar-refractivity contribution in [1.82, 2.24) is 0 Å². The lowest BCUT2D eigenvalue weighted by Gasteiger charge is -2.32. The number of allylic oxidation sites excluding steroid dienone is 3. The molecule has 69 heavy (non-hydrogen) atoms. The molecule has 14 rings (SSSR count). The van der Waals surface area contributed by atoms with E-state index in [9.17, 15) is 0 Å². The molecule has 0 heteroatoms. The van der Waals surface area contributed by atoms with E-state index in [2.05, 4.69) is 235 Å². The first-order chi connectivity index (χ1) is 33.6. The van der Waals surface area contributed by atoms with E-state index in [1.165, 1.54) is 150 Å². The minimum atomic E-state index is -0.130. The second-order valence-electron chi connectivity index (χ2n) is 21.6. The van der Waals surface area contributed by atoms with Crippen molar-refractivity contribution < 1.29 is 0 Å². The smallest absolute Gasteiger partial charge is 0.0159 e. The molecule has 0 radical (unpaired) electrons. The lowest BCUT2D eigenvalue weighted by molar-refractivity contribution is 0.498. The zero-order valence-corrected chi connectivity index (χ0v) is 40.0. The fourth-order valence-corrected chi connectivity index (χ4v) is 12.6. The molecule has 0 fully saturated rings. The first-order valence-corrected chi connectivity index (χ1v) is 24.8. The zero-order chi connectivity index (χ0) is 46.3. The van der Waals surface area contributed by atoms with E-state index in [0.29, 0.717) is 0 Å². The summed E-state index contributed by atoms with van der Waals surface area (Å²) in [5, 5.41) is 5.49. The van der Waals surface area contributed by atoms with Crippen LogP contribution >= 0.6 is 0 Å². The van der Waals surface area contributed by atoms with E-state index in [-0.39, 0.29) is 10.8 Å². The van der Waals surface area contributed by atoms with E-state index < -0.39 is 0 Å². The number of hydrogen-bond donors (Lipinski definition) is 0. The van der Waals surface area contributed by atoms with Crippen molar-refractivity contribution in [3.63, 3.8) is 0 Å². The maximum absolute atomic E-state index is 2.51. The summed E-state index contributed by atoms with van der Waals surface area (Å²) < 4.78 is 0. The fraction of sp³-hybridized carbons (Fsp3) is 0.130. The van der Waals surface area contributed by atoms with Gasteiger partial charge in [-0.25, -0.2) is 0 Å². The molecule has 0 aromatic heterocycles. The molecule has 0 N–H and O–H groups in total. The van der Waals surface area contributed by atoms with Gasteiger partial charge in [0, 0.05) is 5.41 Å².